The summed E-state index contributed by atoms with van der Waals surface area (Å²) in [7, 11) is 1.62. The monoisotopic (exact) mass is 251 g/mol. The van der Waals surface area contributed by atoms with Crippen LogP contribution in [0.5, 0.6) is 5.75 Å². The molecule has 4 nitrogen and oxygen atoms in total. The number of nitrogens with one attached hydrogen (secondary N) is 1. The Hall–Kier alpha value is -1.55. The first-order valence-electron chi connectivity index (χ1n) is 6.14. The third-order valence-corrected chi connectivity index (χ3v) is 2.34. The summed E-state index contributed by atoms with van der Waals surface area (Å²) in [5, 5.41) is 2.86. The van der Waals surface area contributed by atoms with E-state index in [4.69, 9.17) is 9.47 Å². The second-order valence-electron chi connectivity index (χ2n) is 4.32. The van der Waals surface area contributed by atoms with Crippen LogP contribution in [0.2, 0.25) is 0 Å². The van der Waals surface area contributed by atoms with Gasteiger partial charge in [0.15, 0.2) is 0 Å². The minimum Gasteiger partial charge on any atom is -0.494 e. The van der Waals surface area contributed by atoms with Crippen molar-refractivity contribution in [3.05, 3.63) is 29.3 Å². The summed E-state index contributed by atoms with van der Waals surface area (Å²) in [6.45, 7) is 6.81. The maximum atomic E-state index is 11.9. The van der Waals surface area contributed by atoms with Crippen molar-refractivity contribution in [2.45, 2.75) is 33.4 Å². The molecule has 0 aliphatic rings. The van der Waals surface area contributed by atoms with Crippen LogP contribution in [0.3, 0.4) is 0 Å². The molecule has 1 aromatic carbocycles. The van der Waals surface area contributed by atoms with Gasteiger partial charge in [0.2, 0.25) is 0 Å². The predicted octanol–water partition coefficient (Wildman–Crippen LogP) is 2.37. The van der Waals surface area contributed by atoms with E-state index < -0.39 is 0 Å². The van der Waals surface area contributed by atoms with Crippen molar-refractivity contribution in [1.82, 2.24) is 5.32 Å². The highest BCUT2D eigenvalue weighted by Crippen LogP contribution is 2.21. The second-order valence-corrected chi connectivity index (χ2v) is 4.32. The van der Waals surface area contributed by atoms with Crippen LogP contribution in [-0.4, -0.2) is 25.7 Å². The number of carbonyl (C=O) groups is 1. The minimum absolute atomic E-state index is 0.0783. The Morgan fingerprint density at radius 2 is 2.11 bits per heavy atom. The molecule has 0 atom stereocenters. The molecule has 0 saturated carbocycles. The normalized spacial score (nSPS) is 10.5. The number of hydrogen-bond donors (Lipinski definition) is 1. The lowest BCUT2D eigenvalue weighted by Gasteiger charge is -2.13. The maximum absolute atomic E-state index is 11.9. The lowest BCUT2D eigenvalue weighted by molar-refractivity contribution is 0.0942. The van der Waals surface area contributed by atoms with Gasteiger partial charge in [0.05, 0.1) is 13.2 Å². The second kappa shape index (κ2) is 7.01. The summed E-state index contributed by atoms with van der Waals surface area (Å²) < 4.78 is 10.6. The molecule has 1 amide bonds. The van der Waals surface area contributed by atoms with E-state index in [0.29, 0.717) is 18.8 Å². The minimum atomic E-state index is -0.0783. The van der Waals surface area contributed by atoms with E-state index in [-0.39, 0.29) is 11.9 Å². The molecule has 1 aromatic rings. The zero-order valence-electron chi connectivity index (χ0n) is 11.4. The van der Waals surface area contributed by atoms with E-state index in [2.05, 4.69) is 5.32 Å². The smallest absolute Gasteiger partial charge is 0.251 e. The Morgan fingerprint density at radius 1 is 1.39 bits per heavy atom. The van der Waals surface area contributed by atoms with E-state index in [1.807, 2.05) is 32.9 Å². The fourth-order valence-corrected chi connectivity index (χ4v) is 1.63. The van der Waals surface area contributed by atoms with Gasteiger partial charge in [0, 0.05) is 24.3 Å². The maximum Gasteiger partial charge on any atom is 0.251 e. The summed E-state index contributed by atoms with van der Waals surface area (Å²) in [6, 6.07) is 5.51. The number of ether oxygens (including phenoxy) is 2. The molecule has 4 heteroatoms. The number of amides is 1. The molecule has 18 heavy (non-hydrogen) atoms. The summed E-state index contributed by atoms with van der Waals surface area (Å²) in [6.07, 6.45) is 0. The predicted molar refractivity (Wildman–Crippen MR) is 70.9 cm³/mol. The van der Waals surface area contributed by atoms with E-state index in [1.54, 1.807) is 13.2 Å². The van der Waals surface area contributed by atoms with E-state index >= 15 is 0 Å². The van der Waals surface area contributed by atoms with Gasteiger partial charge in [-0.3, -0.25) is 4.79 Å². The molecule has 0 radical (unpaired) electrons. The van der Waals surface area contributed by atoms with E-state index in [9.17, 15) is 4.79 Å². The zero-order valence-corrected chi connectivity index (χ0v) is 11.4. The quantitative estimate of drug-likeness (QED) is 0.844. The highest BCUT2D eigenvalue weighted by Gasteiger charge is 2.11. The van der Waals surface area contributed by atoms with Gasteiger partial charge in [0.25, 0.3) is 5.91 Å². The van der Waals surface area contributed by atoms with E-state index in [1.165, 1.54) is 0 Å². The van der Waals surface area contributed by atoms with Crippen LogP contribution in [0.4, 0.5) is 0 Å². The van der Waals surface area contributed by atoms with Crippen LogP contribution in [0, 0.1) is 0 Å². The van der Waals surface area contributed by atoms with Crippen molar-refractivity contribution in [2.24, 2.45) is 0 Å². The third kappa shape index (κ3) is 4.04. The van der Waals surface area contributed by atoms with Gasteiger partial charge in [-0.15, -0.1) is 0 Å². The van der Waals surface area contributed by atoms with Crippen LogP contribution in [-0.2, 0) is 11.3 Å². The molecule has 0 unspecified atom stereocenters. The van der Waals surface area contributed by atoms with Crippen LogP contribution >= 0.6 is 0 Å². The molecule has 0 fully saturated rings. The van der Waals surface area contributed by atoms with Crippen LogP contribution in [0.15, 0.2) is 18.2 Å². The fourth-order valence-electron chi connectivity index (χ4n) is 1.63. The molecule has 0 saturated heterocycles. The summed E-state index contributed by atoms with van der Waals surface area (Å²) in [5.74, 6) is 0.686. The SMILES string of the molecule is CCOc1ccc(C(=O)NC(C)C)cc1COC. The molecule has 0 aromatic heterocycles. The number of benzene rings is 1. The first-order chi connectivity index (χ1) is 8.58. The average Bonchev–Trinajstić information content (AvgIpc) is 2.31. The highest BCUT2D eigenvalue weighted by molar-refractivity contribution is 5.94. The molecule has 0 bridgehead atoms. The molecule has 100 valence electrons. The Balaban J connectivity index is 2.94. The van der Waals surface area contributed by atoms with Crippen LogP contribution in [0.25, 0.3) is 0 Å². The number of carbonyl (C=O) groups excluding carboxylic acids is 1. The van der Waals surface area contributed by atoms with Crippen molar-refractivity contribution in [3.8, 4) is 5.75 Å². The molecular weight excluding hydrogens is 230 g/mol. The van der Waals surface area contributed by atoms with Crippen LogP contribution in [0.1, 0.15) is 36.7 Å². The molecular formula is C14H21NO3. The summed E-state index contributed by atoms with van der Waals surface area (Å²) >= 11 is 0. The average molecular weight is 251 g/mol. The van der Waals surface area contributed by atoms with Gasteiger partial charge in [-0.05, 0) is 39.0 Å². The van der Waals surface area contributed by atoms with Gasteiger partial charge in [-0.1, -0.05) is 0 Å². The molecule has 0 aliphatic heterocycles. The van der Waals surface area contributed by atoms with Gasteiger partial charge >= 0.3 is 0 Å². The van der Waals surface area contributed by atoms with Gasteiger partial charge in [0.1, 0.15) is 5.75 Å². The Kier molecular flexibility index (Phi) is 5.65. The van der Waals surface area contributed by atoms with Crippen molar-refractivity contribution < 1.29 is 14.3 Å². The Labute approximate surface area is 108 Å². The Bertz CT molecular complexity index is 402. The van der Waals surface area contributed by atoms with Crippen molar-refractivity contribution in [2.75, 3.05) is 13.7 Å². The molecule has 0 heterocycles. The number of rotatable bonds is 6. The number of hydrogen-bond acceptors (Lipinski definition) is 3. The van der Waals surface area contributed by atoms with Gasteiger partial charge < -0.3 is 14.8 Å². The zero-order chi connectivity index (χ0) is 13.5. The molecule has 1 N–H and O–H groups in total. The van der Waals surface area contributed by atoms with Crippen LogP contribution < -0.4 is 10.1 Å². The summed E-state index contributed by atoms with van der Waals surface area (Å²) in [4.78, 5) is 11.9. The van der Waals surface area contributed by atoms with Crippen molar-refractivity contribution in [1.29, 1.82) is 0 Å². The lowest BCUT2D eigenvalue weighted by atomic mass is 10.1. The van der Waals surface area contributed by atoms with Gasteiger partial charge in [-0.25, -0.2) is 0 Å². The third-order valence-electron chi connectivity index (χ3n) is 2.34. The standard InChI is InChI=1S/C14H21NO3/c1-5-18-13-7-6-11(8-12(13)9-17-4)14(16)15-10(2)3/h6-8,10H,5,9H2,1-4H3,(H,15,16). The topological polar surface area (TPSA) is 47.6 Å². The first-order valence-corrected chi connectivity index (χ1v) is 6.14. The van der Waals surface area contributed by atoms with Gasteiger partial charge in [-0.2, -0.15) is 0 Å². The fraction of sp³-hybridized carbons (Fsp3) is 0.500. The van der Waals surface area contributed by atoms with E-state index in [0.717, 1.165) is 11.3 Å². The molecule has 1 rings (SSSR count). The lowest BCUT2D eigenvalue weighted by Crippen LogP contribution is -2.30. The molecule has 0 aliphatic carbocycles. The van der Waals surface area contributed by atoms with Crippen molar-refractivity contribution in [3.63, 3.8) is 0 Å². The Morgan fingerprint density at radius 3 is 2.67 bits per heavy atom. The highest BCUT2D eigenvalue weighted by atomic mass is 16.5. The van der Waals surface area contributed by atoms with Crippen molar-refractivity contribution >= 4 is 5.91 Å². The first kappa shape index (κ1) is 14.5. The summed E-state index contributed by atoms with van der Waals surface area (Å²) in [5.41, 5.74) is 1.51. The number of methoxy groups -OCH3 is 1. The largest absolute Gasteiger partial charge is 0.494 e. The molecule has 0 spiro atoms.